The first-order valence-electron chi connectivity index (χ1n) is 16.4. The zero-order valence-corrected chi connectivity index (χ0v) is 28.3. The monoisotopic (exact) mass is 588 g/mol. The predicted octanol–water partition coefficient (Wildman–Crippen LogP) is 8.53. The fourth-order valence-corrected chi connectivity index (χ4v) is 8.86. The van der Waals surface area contributed by atoms with Crippen LogP contribution in [0.15, 0.2) is 28.4 Å². The number of carbonyl (C=O) groups excluding carboxylic acids is 4. The lowest BCUT2D eigenvalue weighted by atomic mass is 9.42. The Morgan fingerprint density at radius 2 is 1.67 bits per heavy atom. The average Bonchev–Trinajstić information content (AvgIpc) is 2.89. The van der Waals surface area contributed by atoms with Gasteiger partial charge in [-0.1, -0.05) is 71.1 Å². The molecule has 4 rings (SSSR count). The molecule has 234 valence electrons. The topological polar surface area (TPSA) is 77.5 Å². The molecule has 0 radical (unpaired) electrons. The molecule has 43 heavy (non-hydrogen) atoms. The minimum absolute atomic E-state index is 0.00715. The van der Waals surface area contributed by atoms with Gasteiger partial charge in [0.1, 0.15) is 0 Å². The molecule has 3 atom stereocenters. The van der Waals surface area contributed by atoms with Gasteiger partial charge < -0.3 is 4.74 Å². The van der Waals surface area contributed by atoms with Gasteiger partial charge >= 0.3 is 5.97 Å². The molecule has 0 aliphatic heterocycles. The third-order valence-electron chi connectivity index (χ3n) is 11.2. The van der Waals surface area contributed by atoms with Gasteiger partial charge in [-0.05, 0) is 100 Å². The number of ketones is 3. The Bertz CT molecular complexity index is 1440. The standard InChI is InChI=1S/C38H52O5/c1-11-12-13-14-17-43-30(40)16-15-27-18-28(22(2)3)29-20-36(8)21-37(9)19-23(4)31(26(7)39)35(42)38(37,10)25(6)33(36)34(41)32(29)24(27)5/h18,22H,11-17,19-21H2,1-10H3. The lowest BCUT2D eigenvalue weighted by Crippen LogP contribution is -2.57. The second-order valence-electron chi connectivity index (χ2n) is 14.7. The fourth-order valence-electron chi connectivity index (χ4n) is 8.86. The highest BCUT2D eigenvalue weighted by Gasteiger charge is 2.63. The van der Waals surface area contributed by atoms with E-state index in [1.165, 1.54) is 12.5 Å². The summed E-state index contributed by atoms with van der Waals surface area (Å²) < 4.78 is 5.50. The number of ether oxygens (including phenoxy) is 1. The van der Waals surface area contributed by atoms with Crippen molar-refractivity contribution in [2.45, 2.75) is 133 Å². The molecule has 5 nitrogen and oxygen atoms in total. The van der Waals surface area contributed by atoms with Gasteiger partial charge in [-0.25, -0.2) is 0 Å². The highest BCUT2D eigenvalue weighted by atomic mass is 16.5. The van der Waals surface area contributed by atoms with E-state index in [-0.39, 0.29) is 35.7 Å². The third kappa shape index (κ3) is 5.40. The van der Waals surface area contributed by atoms with Crippen LogP contribution < -0.4 is 0 Å². The van der Waals surface area contributed by atoms with Gasteiger partial charge in [0.05, 0.1) is 17.6 Å². The van der Waals surface area contributed by atoms with E-state index in [1.807, 2.05) is 27.7 Å². The number of rotatable bonds is 10. The van der Waals surface area contributed by atoms with Gasteiger partial charge in [0.15, 0.2) is 17.3 Å². The van der Waals surface area contributed by atoms with E-state index < -0.39 is 16.2 Å². The van der Waals surface area contributed by atoms with Gasteiger partial charge in [0.25, 0.3) is 0 Å². The quantitative estimate of drug-likeness (QED) is 0.155. The van der Waals surface area contributed by atoms with E-state index in [0.717, 1.165) is 71.1 Å². The summed E-state index contributed by atoms with van der Waals surface area (Å²) in [5.74, 6) is -0.312. The van der Waals surface area contributed by atoms with Crippen LogP contribution in [0.3, 0.4) is 0 Å². The number of fused-ring (bicyclic) bond motifs is 3. The molecule has 0 saturated carbocycles. The summed E-state index contributed by atoms with van der Waals surface area (Å²) in [4.78, 5) is 54.1. The Morgan fingerprint density at radius 3 is 2.28 bits per heavy atom. The molecule has 3 aliphatic rings. The van der Waals surface area contributed by atoms with Crippen molar-refractivity contribution >= 4 is 23.3 Å². The van der Waals surface area contributed by atoms with Crippen molar-refractivity contribution in [3.05, 3.63) is 56.2 Å². The van der Waals surface area contributed by atoms with Crippen LogP contribution in [0.2, 0.25) is 0 Å². The molecule has 0 amide bonds. The SMILES string of the molecule is CCCCCCOC(=O)CCc1cc(C(C)C)c2c(c1C)C(=O)C1=C(C)C3(C)C(=O)C(C(C)=O)=C(C)CC3(C)CC1(C)C2. The van der Waals surface area contributed by atoms with E-state index in [2.05, 4.69) is 40.7 Å². The Labute approximate surface area is 258 Å². The van der Waals surface area contributed by atoms with Crippen molar-refractivity contribution in [2.75, 3.05) is 6.61 Å². The van der Waals surface area contributed by atoms with Crippen molar-refractivity contribution in [2.24, 2.45) is 16.2 Å². The molecule has 0 N–H and O–H groups in total. The summed E-state index contributed by atoms with van der Waals surface area (Å²) >= 11 is 0. The van der Waals surface area contributed by atoms with Crippen LogP contribution in [0.5, 0.6) is 0 Å². The van der Waals surface area contributed by atoms with Crippen LogP contribution >= 0.6 is 0 Å². The van der Waals surface area contributed by atoms with Crippen molar-refractivity contribution in [3.8, 4) is 0 Å². The lowest BCUT2D eigenvalue weighted by Gasteiger charge is -2.59. The zero-order chi connectivity index (χ0) is 32.1. The molecule has 0 bridgehead atoms. The smallest absolute Gasteiger partial charge is 0.306 e. The van der Waals surface area contributed by atoms with Gasteiger partial charge in [0.2, 0.25) is 0 Å². The second-order valence-corrected chi connectivity index (χ2v) is 14.7. The summed E-state index contributed by atoms with van der Waals surface area (Å²) in [7, 11) is 0. The largest absolute Gasteiger partial charge is 0.466 e. The van der Waals surface area contributed by atoms with Crippen molar-refractivity contribution < 1.29 is 23.9 Å². The zero-order valence-electron chi connectivity index (χ0n) is 28.3. The number of hydrogen-bond donors (Lipinski definition) is 0. The van der Waals surface area contributed by atoms with E-state index >= 15 is 0 Å². The summed E-state index contributed by atoms with van der Waals surface area (Å²) in [5, 5.41) is 0. The highest BCUT2D eigenvalue weighted by Crippen LogP contribution is 2.66. The molecule has 0 fully saturated rings. The van der Waals surface area contributed by atoms with Crippen LogP contribution in [0.25, 0.3) is 0 Å². The van der Waals surface area contributed by atoms with Gasteiger partial charge in [-0.2, -0.15) is 0 Å². The Kier molecular flexibility index (Phi) is 9.18. The lowest BCUT2D eigenvalue weighted by molar-refractivity contribution is -0.143. The van der Waals surface area contributed by atoms with Crippen molar-refractivity contribution in [1.82, 2.24) is 0 Å². The van der Waals surface area contributed by atoms with Gasteiger partial charge in [-0.3, -0.25) is 19.2 Å². The first kappa shape index (κ1) is 33.1. The van der Waals surface area contributed by atoms with E-state index in [4.69, 9.17) is 4.74 Å². The predicted molar refractivity (Wildman–Crippen MR) is 171 cm³/mol. The number of benzene rings is 1. The molecule has 5 heteroatoms. The second kappa shape index (κ2) is 11.9. The third-order valence-corrected chi connectivity index (χ3v) is 11.2. The molecule has 0 spiro atoms. The molecule has 1 aromatic rings. The van der Waals surface area contributed by atoms with Crippen LogP contribution in [-0.4, -0.2) is 29.9 Å². The molecule has 0 saturated heterocycles. The molecule has 3 aliphatic carbocycles. The number of esters is 1. The molecule has 3 unspecified atom stereocenters. The highest BCUT2D eigenvalue weighted by molar-refractivity contribution is 6.24. The number of carbonyl (C=O) groups is 4. The van der Waals surface area contributed by atoms with Gasteiger partial charge in [-0.15, -0.1) is 0 Å². The van der Waals surface area contributed by atoms with Crippen molar-refractivity contribution in [3.63, 3.8) is 0 Å². The number of Topliss-reactive ketones (excluding diaryl/α,β-unsaturated/α-hetero) is 3. The molecule has 0 heterocycles. The maximum atomic E-state index is 14.7. The van der Waals surface area contributed by atoms with Crippen LogP contribution in [-0.2, 0) is 32.0 Å². The van der Waals surface area contributed by atoms with Crippen LogP contribution in [0.4, 0.5) is 0 Å². The Balaban J connectivity index is 1.77. The molecule has 1 aromatic carbocycles. The van der Waals surface area contributed by atoms with Crippen molar-refractivity contribution in [1.29, 1.82) is 0 Å². The van der Waals surface area contributed by atoms with E-state index in [1.54, 1.807) is 0 Å². The molecule has 0 aromatic heterocycles. The maximum absolute atomic E-state index is 14.7. The van der Waals surface area contributed by atoms with Crippen LogP contribution in [0.1, 0.15) is 146 Å². The number of unbranched alkanes of at least 4 members (excludes halogenated alkanes) is 3. The number of hydrogen-bond acceptors (Lipinski definition) is 5. The summed E-state index contributed by atoms with van der Waals surface area (Å²) in [5.41, 5.74) is 5.95. The molecular weight excluding hydrogens is 536 g/mol. The molecular formula is C38H52O5. The minimum atomic E-state index is -0.928. The number of aryl methyl sites for hydroxylation is 1. The fraction of sp³-hybridized carbons (Fsp3) is 0.632. The van der Waals surface area contributed by atoms with E-state index in [0.29, 0.717) is 31.4 Å². The van der Waals surface area contributed by atoms with Gasteiger partial charge in [0, 0.05) is 23.0 Å². The minimum Gasteiger partial charge on any atom is -0.466 e. The normalized spacial score (nSPS) is 26.9. The van der Waals surface area contributed by atoms with Crippen LogP contribution in [0, 0.1) is 23.2 Å². The average molecular weight is 589 g/mol. The summed E-state index contributed by atoms with van der Waals surface area (Å²) in [6.45, 7) is 20.6. The van der Waals surface area contributed by atoms with E-state index in [9.17, 15) is 19.2 Å². The summed E-state index contributed by atoms with van der Waals surface area (Å²) in [6, 6.07) is 2.22. The summed E-state index contributed by atoms with van der Waals surface area (Å²) in [6.07, 6.45) is 7.14. The first-order chi connectivity index (χ1) is 20.0. The Hall–Kier alpha value is -2.82. The maximum Gasteiger partial charge on any atom is 0.306 e. The Morgan fingerprint density at radius 1 is 1.00 bits per heavy atom. The first-order valence-corrected chi connectivity index (χ1v) is 16.4. The number of allylic oxidation sites excluding steroid dienone is 4.